The second-order valence-electron chi connectivity index (χ2n) is 17.6. The standard InChI is InChI=1S/C42H51N7O8/c1-22-20-47(21-23(2)55-22)36-32(54-10)35(43-33(45-36)24-11-12-24)44-34-27-15-13-25(17-31(27)49(46-34)39(52)57-41(6,7)8)29-19-42(29)28-18-26(53-9)14-16-30(28)48(37(42)50)38(51)56-40(3,4)5/h13-18,22-24,29H,11-12,19-21H2,1-10H3,(H,43,44,45,46)/t22-,23+,29?,42-/m0/s1. The molecule has 4 atom stereocenters. The fraction of sp³-hybridized carbons (Fsp3) is 0.524. The molecule has 57 heavy (non-hydrogen) atoms. The van der Waals surface area contributed by atoms with E-state index in [0.29, 0.717) is 70.6 Å². The number of nitrogens with zero attached hydrogens (tertiary/aromatic N) is 6. The van der Waals surface area contributed by atoms with Crippen LogP contribution in [0.4, 0.5) is 32.7 Å². The van der Waals surface area contributed by atoms with E-state index in [4.69, 9.17) is 38.8 Å². The van der Waals surface area contributed by atoms with E-state index >= 15 is 0 Å². The second-order valence-corrected chi connectivity index (χ2v) is 17.6. The third-order valence-corrected chi connectivity index (χ3v) is 10.7. The molecule has 3 fully saturated rings. The van der Waals surface area contributed by atoms with Crippen molar-refractivity contribution in [1.82, 2.24) is 19.7 Å². The first kappa shape index (κ1) is 38.4. The molecule has 1 saturated heterocycles. The van der Waals surface area contributed by atoms with Gasteiger partial charge in [0, 0.05) is 30.3 Å². The van der Waals surface area contributed by atoms with Gasteiger partial charge >= 0.3 is 12.2 Å². The molecule has 2 aromatic heterocycles. The van der Waals surface area contributed by atoms with Crippen molar-refractivity contribution in [2.45, 2.75) is 115 Å². The molecule has 1 unspecified atom stereocenters. The maximum atomic E-state index is 14.4. The summed E-state index contributed by atoms with van der Waals surface area (Å²) in [6.07, 6.45) is 1.02. The summed E-state index contributed by atoms with van der Waals surface area (Å²) >= 11 is 0. The Labute approximate surface area is 331 Å². The maximum absolute atomic E-state index is 14.4. The summed E-state index contributed by atoms with van der Waals surface area (Å²) < 4.78 is 30.3. The van der Waals surface area contributed by atoms with Gasteiger partial charge in [-0.2, -0.15) is 4.68 Å². The lowest BCUT2D eigenvalue weighted by atomic mass is 9.91. The fourth-order valence-electron chi connectivity index (χ4n) is 8.12. The average Bonchev–Trinajstić information content (AvgIpc) is 4.05. The lowest BCUT2D eigenvalue weighted by molar-refractivity contribution is -0.120. The van der Waals surface area contributed by atoms with E-state index < -0.39 is 28.8 Å². The van der Waals surface area contributed by atoms with Gasteiger partial charge in [0.05, 0.1) is 43.0 Å². The number of hydrogen-bond donors (Lipinski definition) is 1. The Hall–Kier alpha value is -5.44. The zero-order valence-corrected chi connectivity index (χ0v) is 34.3. The molecule has 2 saturated carbocycles. The molecule has 8 rings (SSSR count). The Morgan fingerprint density at radius 2 is 1.56 bits per heavy atom. The quantitative estimate of drug-likeness (QED) is 0.196. The highest BCUT2D eigenvalue weighted by molar-refractivity contribution is 6.23. The van der Waals surface area contributed by atoms with Crippen molar-refractivity contribution in [2.24, 2.45) is 0 Å². The van der Waals surface area contributed by atoms with Crippen LogP contribution in [0.1, 0.15) is 103 Å². The van der Waals surface area contributed by atoms with Gasteiger partial charge in [-0.3, -0.25) is 4.79 Å². The number of nitrogens with one attached hydrogen (secondary N) is 1. The SMILES string of the molecule is COc1ccc2c(c1)[C@]1(CC1c1ccc3c(Nc4nc(C5CC5)nc(N5C[C@@H](C)O[C@@H](C)C5)c4OC)nn(C(=O)OC(C)(C)C)c3c1)C(=O)N2C(=O)OC(C)(C)C. The number of ether oxygens (including phenoxy) is 5. The minimum Gasteiger partial charge on any atom is -0.497 e. The number of anilines is 4. The van der Waals surface area contributed by atoms with Crippen LogP contribution in [0, 0.1) is 0 Å². The summed E-state index contributed by atoms with van der Waals surface area (Å²) in [5.74, 6) is 2.77. The molecule has 15 heteroatoms. The van der Waals surface area contributed by atoms with Crippen LogP contribution in [0.5, 0.6) is 11.5 Å². The van der Waals surface area contributed by atoms with E-state index in [1.165, 1.54) is 4.68 Å². The van der Waals surface area contributed by atoms with E-state index in [-0.39, 0.29) is 30.0 Å². The molecule has 302 valence electrons. The predicted molar refractivity (Wildman–Crippen MR) is 213 cm³/mol. The van der Waals surface area contributed by atoms with Crippen LogP contribution in [0.3, 0.4) is 0 Å². The Morgan fingerprint density at radius 1 is 0.877 bits per heavy atom. The van der Waals surface area contributed by atoms with Crippen molar-refractivity contribution >= 4 is 52.1 Å². The van der Waals surface area contributed by atoms with Crippen LogP contribution >= 0.6 is 0 Å². The molecule has 4 aliphatic rings. The molecule has 1 N–H and O–H groups in total. The lowest BCUT2D eigenvalue weighted by Gasteiger charge is -2.36. The summed E-state index contributed by atoms with van der Waals surface area (Å²) in [6, 6.07) is 11.0. The number of imide groups is 1. The van der Waals surface area contributed by atoms with Crippen LogP contribution in [0.25, 0.3) is 10.9 Å². The molecule has 2 aliphatic heterocycles. The third kappa shape index (κ3) is 6.99. The monoisotopic (exact) mass is 781 g/mol. The number of benzene rings is 2. The number of hydrogen-bond acceptors (Lipinski definition) is 13. The zero-order chi connectivity index (χ0) is 40.8. The van der Waals surface area contributed by atoms with Crippen molar-refractivity contribution in [2.75, 3.05) is 42.4 Å². The second kappa shape index (κ2) is 13.6. The van der Waals surface area contributed by atoms with Gasteiger partial charge in [-0.1, -0.05) is 6.07 Å². The van der Waals surface area contributed by atoms with E-state index in [2.05, 4.69) is 10.2 Å². The Kier molecular flexibility index (Phi) is 9.17. The van der Waals surface area contributed by atoms with Gasteiger partial charge in [0.25, 0.3) is 0 Å². The van der Waals surface area contributed by atoms with E-state index in [1.807, 2.05) is 38.1 Å². The predicted octanol–water partition coefficient (Wildman–Crippen LogP) is 7.57. The van der Waals surface area contributed by atoms with Crippen LogP contribution in [0.15, 0.2) is 36.4 Å². The van der Waals surface area contributed by atoms with Crippen molar-refractivity contribution in [1.29, 1.82) is 0 Å². The lowest BCUT2D eigenvalue weighted by Crippen LogP contribution is -2.46. The number of carbonyl (C=O) groups is 3. The number of aromatic nitrogens is 4. The summed E-state index contributed by atoms with van der Waals surface area (Å²) in [6.45, 7) is 16.0. The highest BCUT2D eigenvalue weighted by Gasteiger charge is 2.68. The average molecular weight is 782 g/mol. The van der Waals surface area contributed by atoms with E-state index in [0.717, 1.165) is 29.1 Å². The van der Waals surface area contributed by atoms with E-state index in [9.17, 15) is 14.4 Å². The van der Waals surface area contributed by atoms with Crippen LogP contribution in [-0.4, -0.2) is 88.6 Å². The van der Waals surface area contributed by atoms with Gasteiger partial charge in [-0.25, -0.2) is 24.5 Å². The number of carbonyl (C=O) groups excluding carboxylic acids is 3. The molecule has 2 amide bonds. The van der Waals surface area contributed by atoms with Gasteiger partial charge in [-0.15, -0.1) is 5.10 Å². The summed E-state index contributed by atoms with van der Waals surface area (Å²) in [5, 5.41) is 8.82. The normalized spacial score (nSPS) is 23.1. The van der Waals surface area contributed by atoms with Crippen molar-refractivity contribution in [3.63, 3.8) is 0 Å². The highest BCUT2D eigenvalue weighted by Crippen LogP contribution is 2.67. The minimum atomic E-state index is -1.04. The molecule has 1 spiro atoms. The van der Waals surface area contributed by atoms with Crippen molar-refractivity contribution in [3.8, 4) is 11.5 Å². The van der Waals surface area contributed by atoms with Crippen LogP contribution < -0.4 is 24.6 Å². The molecular weight excluding hydrogens is 731 g/mol. The summed E-state index contributed by atoms with van der Waals surface area (Å²) in [5.41, 5.74) is -0.234. The molecule has 2 aromatic carbocycles. The Bertz CT molecular complexity index is 2280. The number of morpholine rings is 1. The van der Waals surface area contributed by atoms with Crippen molar-refractivity contribution < 1.29 is 38.1 Å². The van der Waals surface area contributed by atoms with Crippen molar-refractivity contribution in [3.05, 3.63) is 53.3 Å². The first-order chi connectivity index (χ1) is 26.9. The Morgan fingerprint density at radius 3 is 2.19 bits per heavy atom. The topological polar surface area (TPSA) is 159 Å². The summed E-state index contributed by atoms with van der Waals surface area (Å²) in [4.78, 5) is 55.1. The Balaban J connectivity index is 1.21. The molecule has 2 aliphatic carbocycles. The first-order valence-corrected chi connectivity index (χ1v) is 19.6. The van der Waals surface area contributed by atoms with E-state index in [1.54, 1.807) is 67.9 Å². The van der Waals surface area contributed by atoms with Crippen LogP contribution in [0.2, 0.25) is 0 Å². The number of methoxy groups -OCH3 is 2. The number of amides is 2. The van der Waals surface area contributed by atoms with Gasteiger partial charge in [-0.05, 0) is 116 Å². The van der Waals surface area contributed by atoms with Gasteiger partial charge in [0.1, 0.15) is 22.8 Å². The largest absolute Gasteiger partial charge is 0.497 e. The smallest absolute Gasteiger partial charge is 0.435 e. The first-order valence-electron chi connectivity index (χ1n) is 19.6. The molecule has 4 aromatic rings. The molecule has 15 nitrogen and oxygen atoms in total. The number of fused-ring (bicyclic) bond motifs is 3. The number of rotatable bonds is 7. The summed E-state index contributed by atoms with van der Waals surface area (Å²) in [7, 11) is 3.15. The molecule has 0 bridgehead atoms. The zero-order valence-electron chi connectivity index (χ0n) is 34.3. The van der Waals surface area contributed by atoms with Gasteiger partial charge in [0.2, 0.25) is 11.7 Å². The van der Waals surface area contributed by atoms with Crippen LogP contribution in [-0.2, 0) is 24.4 Å². The highest BCUT2D eigenvalue weighted by atomic mass is 16.6. The maximum Gasteiger partial charge on any atom is 0.435 e. The van der Waals surface area contributed by atoms with Gasteiger partial charge < -0.3 is 33.9 Å². The molecule has 0 radical (unpaired) electrons. The minimum absolute atomic E-state index is 0.00195. The molecular formula is C42H51N7O8. The third-order valence-electron chi connectivity index (χ3n) is 10.7. The van der Waals surface area contributed by atoms with Gasteiger partial charge in [0.15, 0.2) is 17.5 Å². The molecule has 4 heterocycles. The fourth-order valence-corrected chi connectivity index (χ4v) is 8.12.